The van der Waals surface area contributed by atoms with Crippen LogP contribution in [0.25, 0.3) is 0 Å². The van der Waals surface area contributed by atoms with Crippen molar-refractivity contribution in [3.05, 3.63) is 95.6 Å². The first-order valence-electron chi connectivity index (χ1n) is 11.2. The van der Waals surface area contributed by atoms with Crippen molar-refractivity contribution in [1.29, 1.82) is 0 Å². The largest absolute Gasteiger partial charge is 0.495 e. The van der Waals surface area contributed by atoms with E-state index in [0.29, 0.717) is 31.7 Å². The standard InChI is InChI=1S/C26H29N3O4S/c1-27-34(31,32)24-19-22(13-14-23(24)33-2)26(30)29-17-15-28(16-18-29)25(20-9-5-3-6-10-20)21-11-7-4-8-12-21/h3-14,19,25,27H,15-18H2,1-2H3. The van der Waals surface area contributed by atoms with Gasteiger partial charge >= 0.3 is 0 Å². The lowest BCUT2D eigenvalue weighted by molar-refractivity contribution is 0.0597. The number of rotatable bonds is 7. The lowest BCUT2D eigenvalue weighted by atomic mass is 9.96. The second-order valence-electron chi connectivity index (χ2n) is 8.13. The van der Waals surface area contributed by atoms with Gasteiger partial charge in [0.15, 0.2) is 0 Å². The molecule has 178 valence electrons. The molecule has 8 heteroatoms. The van der Waals surface area contributed by atoms with E-state index < -0.39 is 10.0 Å². The van der Waals surface area contributed by atoms with Gasteiger partial charge in [-0.25, -0.2) is 13.1 Å². The number of carbonyl (C=O) groups excluding carboxylic acids is 1. The third kappa shape index (κ3) is 4.99. The molecular weight excluding hydrogens is 450 g/mol. The molecule has 1 amide bonds. The normalized spacial score (nSPS) is 14.9. The summed E-state index contributed by atoms with van der Waals surface area (Å²) in [5, 5.41) is 0. The Kier molecular flexibility index (Phi) is 7.31. The van der Waals surface area contributed by atoms with Crippen LogP contribution >= 0.6 is 0 Å². The van der Waals surface area contributed by atoms with Crippen LogP contribution in [-0.4, -0.2) is 64.5 Å². The van der Waals surface area contributed by atoms with Crippen molar-refractivity contribution >= 4 is 15.9 Å². The molecule has 3 aromatic carbocycles. The van der Waals surface area contributed by atoms with Gasteiger partial charge in [0.1, 0.15) is 10.6 Å². The van der Waals surface area contributed by atoms with E-state index in [-0.39, 0.29) is 22.6 Å². The Morgan fingerprint density at radius 3 is 1.94 bits per heavy atom. The van der Waals surface area contributed by atoms with Crippen LogP contribution in [-0.2, 0) is 10.0 Å². The summed E-state index contributed by atoms with van der Waals surface area (Å²) in [5.41, 5.74) is 2.75. The smallest absolute Gasteiger partial charge is 0.253 e. The number of piperazine rings is 1. The van der Waals surface area contributed by atoms with Crippen LogP contribution in [0.4, 0.5) is 0 Å². The Labute approximate surface area is 201 Å². The Balaban J connectivity index is 1.53. The van der Waals surface area contributed by atoms with Crippen LogP contribution in [0.15, 0.2) is 83.8 Å². The molecule has 1 saturated heterocycles. The molecule has 0 radical (unpaired) electrons. The molecule has 0 aliphatic carbocycles. The molecule has 34 heavy (non-hydrogen) atoms. The highest BCUT2D eigenvalue weighted by atomic mass is 32.2. The van der Waals surface area contributed by atoms with Gasteiger partial charge in [0.25, 0.3) is 5.91 Å². The molecule has 0 atom stereocenters. The summed E-state index contributed by atoms with van der Waals surface area (Å²) in [6.07, 6.45) is 0. The van der Waals surface area contributed by atoms with E-state index in [0.717, 1.165) is 0 Å². The highest BCUT2D eigenvalue weighted by molar-refractivity contribution is 7.89. The molecule has 0 bridgehead atoms. The van der Waals surface area contributed by atoms with Gasteiger partial charge in [0, 0.05) is 31.7 Å². The zero-order valence-electron chi connectivity index (χ0n) is 19.3. The highest BCUT2D eigenvalue weighted by Gasteiger charge is 2.29. The maximum Gasteiger partial charge on any atom is 0.253 e. The Bertz CT molecular complexity index is 1190. The van der Waals surface area contributed by atoms with Crippen LogP contribution in [0.1, 0.15) is 27.5 Å². The fourth-order valence-corrected chi connectivity index (χ4v) is 5.30. The number of sulfonamides is 1. The van der Waals surface area contributed by atoms with Gasteiger partial charge in [-0.2, -0.15) is 0 Å². The first-order chi connectivity index (χ1) is 16.4. The molecule has 0 saturated carbocycles. The van der Waals surface area contributed by atoms with Gasteiger partial charge < -0.3 is 9.64 Å². The zero-order valence-corrected chi connectivity index (χ0v) is 20.2. The van der Waals surface area contributed by atoms with Crippen molar-refractivity contribution in [3.8, 4) is 5.75 Å². The molecule has 1 aliphatic rings. The minimum atomic E-state index is -3.76. The summed E-state index contributed by atoms with van der Waals surface area (Å²) in [7, 11) is -1.03. The summed E-state index contributed by atoms with van der Waals surface area (Å²) >= 11 is 0. The molecule has 1 heterocycles. The second kappa shape index (κ2) is 10.4. The maximum atomic E-state index is 13.2. The average Bonchev–Trinajstić information content (AvgIpc) is 2.89. The molecule has 1 aliphatic heterocycles. The van der Waals surface area contributed by atoms with E-state index in [1.165, 1.54) is 37.4 Å². The molecule has 7 nitrogen and oxygen atoms in total. The van der Waals surface area contributed by atoms with Gasteiger partial charge in [-0.3, -0.25) is 9.69 Å². The summed E-state index contributed by atoms with van der Waals surface area (Å²) in [4.78, 5) is 17.4. The minimum absolute atomic E-state index is 0.0461. The minimum Gasteiger partial charge on any atom is -0.495 e. The van der Waals surface area contributed by atoms with Gasteiger partial charge in [-0.1, -0.05) is 60.7 Å². The van der Waals surface area contributed by atoms with Crippen LogP contribution in [0.3, 0.4) is 0 Å². The molecule has 1 fully saturated rings. The number of methoxy groups -OCH3 is 1. The van der Waals surface area contributed by atoms with Gasteiger partial charge in [0.2, 0.25) is 10.0 Å². The van der Waals surface area contributed by atoms with E-state index in [1.54, 1.807) is 11.0 Å². The number of nitrogens with one attached hydrogen (secondary N) is 1. The van der Waals surface area contributed by atoms with E-state index >= 15 is 0 Å². The SMILES string of the molecule is CNS(=O)(=O)c1cc(C(=O)N2CCN(C(c3ccccc3)c3ccccc3)CC2)ccc1OC. The van der Waals surface area contributed by atoms with Crippen LogP contribution < -0.4 is 9.46 Å². The number of hydrogen-bond donors (Lipinski definition) is 1. The molecule has 1 N–H and O–H groups in total. The number of carbonyl (C=O) groups is 1. The molecule has 3 aromatic rings. The van der Waals surface area contributed by atoms with Crippen molar-refractivity contribution in [2.75, 3.05) is 40.3 Å². The molecule has 0 aromatic heterocycles. The number of ether oxygens (including phenoxy) is 1. The lowest BCUT2D eigenvalue weighted by Gasteiger charge is -2.39. The number of benzene rings is 3. The summed E-state index contributed by atoms with van der Waals surface area (Å²) < 4.78 is 32.3. The Morgan fingerprint density at radius 1 is 0.882 bits per heavy atom. The fourth-order valence-electron chi connectivity index (χ4n) is 4.38. The van der Waals surface area contributed by atoms with Crippen molar-refractivity contribution in [1.82, 2.24) is 14.5 Å². The highest BCUT2D eigenvalue weighted by Crippen LogP contribution is 2.30. The summed E-state index contributed by atoms with van der Waals surface area (Å²) in [6, 6.07) is 25.4. The predicted molar refractivity (Wildman–Crippen MR) is 131 cm³/mol. The first kappa shape index (κ1) is 23.9. The van der Waals surface area contributed by atoms with Crippen LogP contribution in [0.2, 0.25) is 0 Å². The van der Waals surface area contributed by atoms with Crippen molar-refractivity contribution in [2.24, 2.45) is 0 Å². The van der Waals surface area contributed by atoms with E-state index in [2.05, 4.69) is 33.9 Å². The Hall–Kier alpha value is -3.20. The van der Waals surface area contributed by atoms with Crippen LogP contribution in [0.5, 0.6) is 5.75 Å². The first-order valence-corrected chi connectivity index (χ1v) is 12.7. The topological polar surface area (TPSA) is 79.0 Å². The monoisotopic (exact) mass is 479 g/mol. The maximum absolute atomic E-state index is 13.2. The predicted octanol–water partition coefficient (Wildman–Crippen LogP) is 3.15. The third-order valence-corrected chi connectivity index (χ3v) is 7.60. The lowest BCUT2D eigenvalue weighted by Crippen LogP contribution is -2.49. The fraction of sp³-hybridized carbons (Fsp3) is 0.269. The van der Waals surface area contributed by atoms with Crippen molar-refractivity contribution < 1.29 is 17.9 Å². The zero-order chi connectivity index (χ0) is 24.1. The number of nitrogens with zero attached hydrogens (tertiary/aromatic N) is 2. The Morgan fingerprint density at radius 2 is 1.44 bits per heavy atom. The van der Waals surface area contributed by atoms with Gasteiger partial charge in [-0.05, 0) is 36.4 Å². The molecule has 0 unspecified atom stereocenters. The summed E-state index contributed by atoms with van der Waals surface area (Å²) in [6.45, 7) is 2.51. The summed E-state index contributed by atoms with van der Waals surface area (Å²) in [5.74, 6) is 0.00936. The van der Waals surface area contributed by atoms with E-state index in [1.807, 2.05) is 36.4 Å². The molecule has 0 spiro atoms. The van der Waals surface area contributed by atoms with Crippen LogP contribution in [0, 0.1) is 0 Å². The average molecular weight is 480 g/mol. The van der Waals surface area contributed by atoms with Crippen molar-refractivity contribution in [3.63, 3.8) is 0 Å². The van der Waals surface area contributed by atoms with Crippen molar-refractivity contribution in [2.45, 2.75) is 10.9 Å². The second-order valence-corrected chi connectivity index (χ2v) is 9.98. The van der Waals surface area contributed by atoms with Gasteiger partial charge in [-0.15, -0.1) is 0 Å². The quantitative estimate of drug-likeness (QED) is 0.563. The third-order valence-electron chi connectivity index (χ3n) is 6.17. The number of amides is 1. The van der Waals surface area contributed by atoms with Gasteiger partial charge in [0.05, 0.1) is 13.2 Å². The molecule has 4 rings (SSSR count). The molecular formula is C26H29N3O4S. The number of hydrogen-bond acceptors (Lipinski definition) is 5. The van der Waals surface area contributed by atoms with E-state index in [9.17, 15) is 13.2 Å². The van der Waals surface area contributed by atoms with E-state index in [4.69, 9.17) is 4.74 Å².